The van der Waals surface area contributed by atoms with Gasteiger partial charge < -0.3 is 15.4 Å². The second kappa shape index (κ2) is 10.4. The van der Waals surface area contributed by atoms with E-state index >= 15 is 0 Å². The van der Waals surface area contributed by atoms with Gasteiger partial charge in [-0.3, -0.25) is 9.59 Å². The van der Waals surface area contributed by atoms with Crippen LogP contribution in [0.4, 0.5) is 5.69 Å². The molecule has 2 amide bonds. The van der Waals surface area contributed by atoms with Gasteiger partial charge >= 0.3 is 0 Å². The lowest BCUT2D eigenvalue weighted by Crippen LogP contribution is -2.34. The summed E-state index contributed by atoms with van der Waals surface area (Å²) >= 11 is 3.25. The molecule has 29 heavy (non-hydrogen) atoms. The number of benzene rings is 2. The van der Waals surface area contributed by atoms with Crippen LogP contribution in [-0.4, -0.2) is 51.3 Å². The highest BCUT2D eigenvalue weighted by Gasteiger charge is 2.22. The number of amides is 2. The molecule has 156 valence electrons. The number of nitrogens with one attached hydrogen (secondary N) is 2. The monoisotopic (exact) mass is 483 g/mol. The fraction of sp³-hybridized carbons (Fsp3) is 0.263. The molecule has 0 radical (unpaired) electrons. The number of rotatable bonds is 9. The number of carbonyl (C=O) groups is 2. The minimum atomic E-state index is -3.78. The molecule has 2 aromatic rings. The second-order valence-electron chi connectivity index (χ2n) is 6.03. The summed E-state index contributed by atoms with van der Waals surface area (Å²) in [6, 6.07) is 12.6. The Kier molecular flexibility index (Phi) is 8.18. The lowest BCUT2D eigenvalue weighted by atomic mass is 10.3. The van der Waals surface area contributed by atoms with Crippen molar-refractivity contribution in [2.24, 2.45) is 0 Å². The predicted molar refractivity (Wildman–Crippen MR) is 113 cm³/mol. The molecule has 0 heterocycles. The number of carbonyl (C=O) groups excluding carboxylic acids is 2. The van der Waals surface area contributed by atoms with Gasteiger partial charge in [-0.05, 0) is 55.5 Å². The molecule has 2 aromatic carbocycles. The van der Waals surface area contributed by atoms with Crippen molar-refractivity contribution in [3.8, 4) is 5.75 Å². The zero-order valence-electron chi connectivity index (χ0n) is 16.0. The standard InChI is InChI=1S/C19H22BrN3O5S/c1-3-21-19(25)13-28-16-8-6-15(7-9-16)22-18(24)12-23(2)29(26,27)17-10-4-14(20)5-11-17/h4-11H,3,12-13H2,1-2H3,(H,21,25)(H,22,24). The summed E-state index contributed by atoms with van der Waals surface area (Å²) in [7, 11) is -2.43. The summed E-state index contributed by atoms with van der Waals surface area (Å²) in [6.07, 6.45) is 0. The van der Waals surface area contributed by atoms with Crippen molar-refractivity contribution in [3.63, 3.8) is 0 Å². The van der Waals surface area contributed by atoms with Crippen LogP contribution in [0.1, 0.15) is 6.92 Å². The Hall–Kier alpha value is -2.43. The van der Waals surface area contributed by atoms with E-state index in [0.717, 1.165) is 8.78 Å². The molecular weight excluding hydrogens is 462 g/mol. The van der Waals surface area contributed by atoms with Gasteiger partial charge in [0.2, 0.25) is 15.9 Å². The van der Waals surface area contributed by atoms with E-state index in [9.17, 15) is 18.0 Å². The van der Waals surface area contributed by atoms with Crippen molar-refractivity contribution in [1.82, 2.24) is 9.62 Å². The molecule has 0 spiro atoms. The maximum absolute atomic E-state index is 12.5. The Labute approximate surface area is 178 Å². The summed E-state index contributed by atoms with van der Waals surface area (Å²) in [5.41, 5.74) is 0.481. The van der Waals surface area contributed by atoms with Crippen LogP contribution >= 0.6 is 15.9 Å². The van der Waals surface area contributed by atoms with Gasteiger partial charge in [0.15, 0.2) is 6.61 Å². The molecule has 10 heteroatoms. The van der Waals surface area contributed by atoms with E-state index in [2.05, 4.69) is 26.6 Å². The third-order valence-electron chi connectivity index (χ3n) is 3.77. The van der Waals surface area contributed by atoms with Gasteiger partial charge in [-0.25, -0.2) is 8.42 Å². The van der Waals surface area contributed by atoms with Crippen LogP contribution < -0.4 is 15.4 Å². The highest BCUT2D eigenvalue weighted by Crippen LogP contribution is 2.18. The fourth-order valence-electron chi connectivity index (χ4n) is 2.31. The summed E-state index contributed by atoms with van der Waals surface area (Å²) in [6.45, 7) is 1.90. The highest BCUT2D eigenvalue weighted by atomic mass is 79.9. The fourth-order valence-corrected chi connectivity index (χ4v) is 3.70. The van der Waals surface area contributed by atoms with Crippen LogP contribution in [0.15, 0.2) is 57.9 Å². The Morgan fingerprint density at radius 2 is 1.66 bits per heavy atom. The first kappa shape index (κ1) is 22.9. The van der Waals surface area contributed by atoms with Crippen molar-refractivity contribution < 1.29 is 22.7 Å². The first-order valence-electron chi connectivity index (χ1n) is 8.73. The minimum absolute atomic E-state index is 0.0990. The van der Waals surface area contributed by atoms with Crippen molar-refractivity contribution in [3.05, 3.63) is 53.0 Å². The SMILES string of the molecule is CCNC(=O)COc1ccc(NC(=O)CN(C)S(=O)(=O)c2ccc(Br)cc2)cc1. The molecule has 0 saturated carbocycles. The Balaban J connectivity index is 1.91. The van der Waals surface area contributed by atoms with E-state index in [1.54, 1.807) is 36.4 Å². The molecule has 2 rings (SSSR count). The number of hydrogen-bond donors (Lipinski definition) is 2. The summed E-state index contributed by atoms with van der Waals surface area (Å²) in [5.74, 6) is -0.228. The summed E-state index contributed by atoms with van der Waals surface area (Å²) in [4.78, 5) is 23.7. The second-order valence-corrected chi connectivity index (χ2v) is 8.99. The van der Waals surface area contributed by atoms with E-state index in [1.807, 2.05) is 6.92 Å². The largest absolute Gasteiger partial charge is 0.484 e. The van der Waals surface area contributed by atoms with Crippen LogP contribution in [0.3, 0.4) is 0 Å². The molecule has 0 atom stereocenters. The topological polar surface area (TPSA) is 105 Å². The number of nitrogens with zero attached hydrogens (tertiary/aromatic N) is 1. The summed E-state index contributed by atoms with van der Waals surface area (Å²) in [5, 5.41) is 5.25. The van der Waals surface area contributed by atoms with Gasteiger partial charge in [0.25, 0.3) is 5.91 Å². The number of halogens is 1. The molecule has 0 aromatic heterocycles. The van der Waals surface area contributed by atoms with Crippen LogP contribution in [0, 0.1) is 0 Å². The first-order valence-corrected chi connectivity index (χ1v) is 11.0. The third-order valence-corrected chi connectivity index (χ3v) is 6.12. The maximum atomic E-state index is 12.5. The quantitative estimate of drug-likeness (QED) is 0.568. The molecule has 0 unspecified atom stereocenters. The van der Waals surface area contributed by atoms with Gasteiger partial charge in [0, 0.05) is 23.8 Å². The lowest BCUT2D eigenvalue weighted by molar-refractivity contribution is -0.123. The number of likely N-dealkylation sites (N-methyl/N-ethyl adjacent to an activating group) is 2. The van der Waals surface area contributed by atoms with E-state index in [1.165, 1.54) is 19.2 Å². The predicted octanol–water partition coefficient (Wildman–Crippen LogP) is 2.22. The van der Waals surface area contributed by atoms with E-state index in [-0.39, 0.29) is 24.0 Å². The maximum Gasteiger partial charge on any atom is 0.257 e. The zero-order valence-corrected chi connectivity index (χ0v) is 18.4. The van der Waals surface area contributed by atoms with Gasteiger partial charge in [0.05, 0.1) is 11.4 Å². The van der Waals surface area contributed by atoms with Crippen molar-refractivity contribution in [2.75, 3.05) is 32.1 Å². The first-order chi connectivity index (χ1) is 13.7. The Morgan fingerprint density at radius 3 is 2.24 bits per heavy atom. The number of sulfonamides is 1. The van der Waals surface area contributed by atoms with E-state index < -0.39 is 15.9 Å². The minimum Gasteiger partial charge on any atom is -0.484 e. The Morgan fingerprint density at radius 1 is 1.03 bits per heavy atom. The van der Waals surface area contributed by atoms with Crippen LogP contribution in [0.25, 0.3) is 0 Å². The van der Waals surface area contributed by atoms with Gasteiger partial charge in [-0.15, -0.1) is 0 Å². The van der Waals surface area contributed by atoms with Crippen LogP contribution in [0.2, 0.25) is 0 Å². The number of anilines is 1. The number of hydrogen-bond acceptors (Lipinski definition) is 5. The van der Waals surface area contributed by atoms with E-state index in [0.29, 0.717) is 18.0 Å². The molecular formula is C19H22BrN3O5S. The normalized spacial score (nSPS) is 11.2. The average Bonchev–Trinajstić information content (AvgIpc) is 2.68. The molecule has 2 N–H and O–H groups in total. The number of ether oxygens (including phenoxy) is 1. The lowest BCUT2D eigenvalue weighted by Gasteiger charge is -2.17. The zero-order chi connectivity index (χ0) is 21.4. The highest BCUT2D eigenvalue weighted by molar-refractivity contribution is 9.10. The molecule has 0 fully saturated rings. The molecule has 0 aliphatic carbocycles. The van der Waals surface area contributed by atoms with Crippen molar-refractivity contribution in [2.45, 2.75) is 11.8 Å². The smallest absolute Gasteiger partial charge is 0.257 e. The van der Waals surface area contributed by atoms with Gasteiger partial charge in [0.1, 0.15) is 5.75 Å². The van der Waals surface area contributed by atoms with Crippen molar-refractivity contribution >= 4 is 43.5 Å². The van der Waals surface area contributed by atoms with Gasteiger partial charge in [-0.2, -0.15) is 4.31 Å². The molecule has 0 aliphatic heterocycles. The third kappa shape index (κ3) is 6.84. The molecule has 0 aliphatic rings. The van der Waals surface area contributed by atoms with Crippen LogP contribution in [-0.2, 0) is 19.6 Å². The van der Waals surface area contributed by atoms with Gasteiger partial charge in [-0.1, -0.05) is 15.9 Å². The van der Waals surface area contributed by atoms with Crippen LogP contribution in [0.5, 0.6) is 5.75 Å². The molecule has 0 saturated heterocycles. The molecule has 8 nitrogen and oxygen atoms in total. The Bertz CT molecular complexity index is 947. The van der Waals surface area contributed by atoms with Crippen molar-refractivity contribution in [1.29, 1.82) is 0 Å². The average molecular weight is 484 g/mol. The summed E-state index contributed by atoms with van der Waals surface area (Å²) < 4.78 is 32.1. The molecule has 0 bridgehead atoms. The van der Waals surface area contributed by atoms with E-state index in [4.69, 9.17) is 4.74 Å².